The van der Waals surface area contributed by atoms with Crippen molar-refractivity contribution in [2.45, 2.75) is 75.4 Å². The molecular formula is C21H31BN2O3. The summed E-state index contributed by atoms with van der Waals surface area (Å²) in [6.45, 7) is 3.90. The number of hydrogen-bond acceptors (Lipinski definition) is 4. The molecule has 2 aliphatic rings. The van der Waals surface area contributed by atoms with Crippen LogP contribution in [0.2, 0.25) is 6.32 Å². The minimum absolute atomic E-state index is 0.124. The van der Waals surface area contributed by atoms with E-state index in [-0.39, 0.29) is 6.10 Å². The van der Waals surface area contributed by atoms with Gasteiger partial charge in [0.15, 0.2) is 0 Å². The smallest absolute Gasteiger partial charge is 0.323 e. The number of likely N-dealkylation sites (tertiary alicyclic amines) is 1. The lowest BCUT2D eigenvalue weighted by Gasteiger charge is -2.33. The van der Waals surface area contributed by atoms with Crippen molar-refractivity contribution in [3.8, 4) is 5.75 Å². The van der Waals surface area contributed by atoms with E-state index in [1.54, 1.807) is 0 Å². The molecule has 27 heavy (non-hydrogen) atoms. The second-order valence-electron chi connectivity index (χ2n) is 8.11. The van der Waals surface area contributed by atoms with Crippen LogP contribution in [0.3, 0.4) is 0 Å². The number of carbonyl (C=O) groups is 1. The van der Waals surface area contributed by atoms with E-state index >= 15 is 0 Å². The van der Waals surface area contributed by atoms with Crippen LogP contribution in [0.25, 0.3) is 0 Å². The van der Waals surface area contributed by atoms with E-state index < -0.39 is 11.5 Å². The number of fused-ring (bicyclic) bond motifs is 1. The summed E-state index contributed by atoms with van der Waals surface area (Å²) < 4.78 is 6.29. The summed E-state index contributed by atoms with van der Waals surface area (Å²) in [7, 11) is 5.53. The van der Waals surface area contributed by atoms with E-state index in [4.69, 9.17) is 18.3 Å². The zero-order valence-corrected chi connectivity index (χ0v) is 16.3. The SMILES string of the molecule is [B]CCCCC(N)(CCN1CCCC1C1Oc2ccccc2C1C)C(=O)O. The number of ether oxygens (including phenoxy) is 1. The predicted octanol–water partition coefficient (Wildman–Crippen LogP) is 2.94. The van der Waals surface area contributed by atoms with Gasteiger partial charge in [-0.1, -0.05) is 44.3 Å². The summed E-state index contributed by atoms with van der Waals surface area (Å²) in [5, 5.41) is 9.64. The number of rotatable bonds is 9. The van der Waals surface area contributed by atoms with Gasteiger partial charge in [-0.05, 0) is 38.3 Å². The molecule has 4 atom stereocenters. The van der Waals surface area contributed by atoms with Crippen LogP contribution < -0.4 is 10.5 Å². The van der Waals surface area contributed by atoms with Gasteiger partial charge in [-0.2, -0.15) is 0 Å². The van der Waals surface area contributed by atoms with Gasteiger partial charge < -0.3 is 15.6 Å². The molecule has 0 amide bonds. The number of nitrogens with two attached hydrogens (primary N) is 1. The number of benzene rings is 1. The van der Waals surface area contributed by atoms with Crippen LogP contribution >= 0.6 is 0 Å². The Morgan fingerprint density at radius 1 is 1.37 bits per heavy atom. The third-order valence-electron chi connectivity index (χ3n) is 6.31. The zero-order valence-electron chi connectivity index (χ0n) is 16.3. The highest BCUT2D eigenvalue weighted by Crippen LogP contribution is 2.42. The normalized spacial score (nSPS) is 27.1. The molecule has 3 N–H and O–H groups in total. The summed E-state index contributed by atoms with van der Waals surface area (Å²) in [6, 6.07) is 8.57. The Morgan fingerprint density at radius 2 is 2.15 bits per heavy atom. The van der Waals surface area contributed by atoms with Crippen molar-refractivity contribution < 1.29 is 14.6 Å². The Morgan fingerprint density at radius 3 is 2.85 bits per heavy atom. The molecule has 4 unspecified atom stereocenters. The first-order chi connectivity index (χ1) is 13.0. The molecule has 1 saturated heterocycles. The molecule has 2 radical (unpaired) electrons. The highest BCUT2D eigenvalue weighted by molar-refractivity contribution is 6.08. The highest BCUT2D eigenvalue weighted by atomic mass is 16.5. The van der Waals surface area contributed by atoms with E-state index in [1.165, 1.54) is 5.56 Å². The molecule has 3 rings (SSSR count). The van der Waals surface area contributed by atoms with Gasteiger partial charge in [0.1, 0.15) is 17.4 Å². The summed E-state index contributed by atoms with van der Waals surface area (Å²) >= 11 is 0. The number of hydrogen-bond donors (Lipinski definition) is 2. The average Bonchev–Trinajstić information content (AvgIpc) is 3.24. The van der Waals surface area contributed by atoms with E-state index in [9.17, 15) is 9.90 Å². The minimum Gasteiger partial charge on any atom is -0.488 e. The quantitative estimate of drug-likeness (QED) is 0.516. The van der Waals surface area contributed by atoms with Crippen LogP contribution in [-0.2, 0) is 4.79 Å². The lowest BCUT2D eigenvalue weighted by atomic mass is 9.87. The third-order valence-corrected chi connectivity index (χ3v) is 6.31. The molecule has 1 aromatic carbocycles. The van der Waals surface area contributed by atoms with Gasteiger partial charge in [0.25, 0.3) is 0 Å². The van der Waals surface area contributed by atoms with Crippen LogP contribution in [0.15, 0.2) is 24.3 Å². The summed E-state index contributed by atoms with van der Waals surface area (Å²) in [5.41, 5.74) is 6.36. The Bertz CT molecular complexity index is 656. The molecule has 2 heterocycles. The maximum Gasteiger partial charge on any atom is 0.323 e. The fourth-order valence-electron chi connectivity index (χ4n) is 4.57. The lowest BCUT2D eigenvalue weighted by Crippen LogP contribution is -2.51. The molecule has 1 aromatic rings. The fourth-order valence-corrected chi connectivity index (χ4v) is 4.57. The van der Waals surface area contributed by atoms with Crippen molar-refractivity contribution in [2.75, 3.05) is 13.1 Å². The Labute approximate surface area is 163 Å². The molecule has 6 heteroatoms. The van der Waals surface area contributed by atoms with Crippen LogP contribution in [0.1, 0.15) is 56.9 Å². The van der Waals surface area contributed by atoms with Gasteiger partial charge in [0.05, 0.1) is 7.85 Å². The zero-order chi connectivity index (χ0) is 19.4. The molecule has 0 saturated carbocycles. The molecule has 2 aliphatic heterocycles. The lowest BCUT2D eigenvalue weighted by molar-refractivity contribution is -0.144. The molecule has 146 valence electrons. The summed E-state index contributed by atoms with van der Waals surface area (Å²) in [5.74, 6) is 0.425. The highest BCUT2D eigenvalue weighted by Gasteiger charge is 2.42. The van der Waals surface area contributed by atoms with Crippen LogP contribution in [0.4, 0.5) is 0 Å². The monoisotopic (exact) mass is 370 g/mol. The number of unbranched alkanes of at least 4 members (excludes halogenated alkanes) is 1. The maximum atomic E-state index is 11.8. The third kappa shape index (κ3) is 4.32. The molecule has 0 spiro atoms. The van der Waals surface area contributed by atoms with Crippen LogP contribution in [0, 0.1) is 0 Å². The standard InChI is InChI=1S/C21H31BN2O3/c1-15-16-7-2-3-9-18(16)27-19(15)17-8-6-13-24(17)14-11-21(23,20(25)26)10-4-5-12-22/h2-3,7,9,15,17,19H,4-6,8,10-14,23H2,1H3,(H,25,26). The summed E-state index contributed by atoms with van der Waals surface area (Å²) in [6.07, 6.45) is 5.38. The van der Waals surface area contributed by atoms with Crippen molar-refractivity contribution >= 4 is 13.8 Å². The Kier molecular flexibility index (Phi) is 6.48. The van der Waals surface area contributed by atoms with Crippen molar-refractivity contribution in [3.63, 3.8) is 0 Å². The van der Waals surface area contributed by atoms with Crippen molar-refractivity contribution in [3.05, 3.63) is 29.8 Å². The Hall–Kier alpha value is -1.53. The maximum absolute atomic E-state index is 11.8. The van der Waals surface area contributed by atoms with Crippen LogP contribution in [0.5, 0.6) is 5.75 Å². The van der Waals surface area contributed by atoms with Gasteiger partial charge in [-0.3, -0.25) is 9.69 Å². The number of aliphatic carboxylic acids is 1. The van der Waals surface area contributed by atoms with E-state index in [0.29, 0.717) is 37.7 Å². The van der Waals surface area contributed by atoms with Gasteiger partial charge in [0, 0.05) is 24.1 Å². The largest absolute Gasteiger partial charge is 0.488 e. The molecule has 0 bridgehead atoms. The summed E-state index contributed by atoms with van der Waals surface area (Å²) in [4.78, 5) is 14.1. The second-order valence-corrected chi connectivity index (χ2v) is 8.11. The first-order valence-corrected chi connectivity index (χ1v) is 10.2. The number of carboxylic acids is 1. The van der Waals surface area contributed by atoms with E-state index in [0.717, 1.165) is 38.0 Å². The fraction of sp³-hybridized carbons (Fsp3) is 0.667. The van der Waals surface area contributed by atoms with Gasteiger partial charge in [-0.25, -0.2) is 0 Å². The van der Waals surface area contributed by atoms with Gasteiger partial charge in [-0.15, -0.1) is 0 Å². The molecule has 0 aromatic heterocycles. The topological polar surface area (TPSA) is 75.8 Å². The van der Waals surface area contributed by atoms with Crippen molar-refractivity contribution in [2.24, 2.45) is 5.73 Å². The second kappa shape index (κ2) is 8.66. The molecule has 1 fully saturated rings. The van der Waals surface area contributed by atoms with Gasteiger partial charge in [0.2, 0.25) is 0 Å². The number of nitrogens with zero attached hydrogens (tertiary/aromatic N) is 1. The first-order valence-electron chi connectivity index (χ1n) is 10.2. The number of carboxylic acid groups (broad SMARTS) is 1. The first kappa shape index (κ1) is 20.2. The Balaban J connectivity index is 1.62. The van der Waals surface area contributed by atoms with Gasteiger partial charge >= 0.3 is 5.97 Å². The molecule has 0 aliphatic carbocycles. The van der Waals surface area contributed by atoms with E-state index in [2.05, 4.69) is 24.0 Å². The molecular weight excluding hydrogens is 339 g/mol. The average molecular weight is 370 g/mol. The predicted molar refractivity (Wildman–Crippen MR) is 107 cm³/mol. The van der Waals surface area contributed by atoms with Crippen molar-refractivity contribution in [1.82, 2.24) is 4.90 Å². The van der Waals surface area contributed by atoms with E-state index in [1.807, 2.05) is 12.1 Å². The minimum atomic E-state index is -1.17. The number of para-hydroxylation sites is 1. The van der Waals surface area contributed by atoms with Crippen LogP contribution in [-0.4, -0.2) is 54.6 Å². The van der Waals surface area contributed by atoms with Crippen molar-refractivity contribution in [1.29, 1.82) is 0 Å². The molecule has 5 nitrogen and oxygen atoms in total.